The highest BCUT2D eigenvalue weighted by Crippen LogP contribution is 2.27. The zero-order valence-electron chi connectivity index (χ0n) is 12.7. The number of carboxylic acid groups (broad SMARTS) is 1. The highest BCUT2D eigenvalue weighted by Gasteiger charge is 2.23. The van der Waals surface area contributed by atoms with Crippen molar-refractivity contribution in [3.8, 4) is 0 Å². The Morgan fingerprint density at radius 1 is 1.17 bits per heavy atom. The molecule has 5 heteroatoms. The molecule has 0 fully saturated rings. The summed E-state index contributed by atoms with van der Waals surface area (Å²) in [7, 11) is 0. The fourth-order valence-electron chi connectivity index (χ4n) is 2.27. The lowest BCUT2D eigenvalue weighted by molar-refractivity contribution is -0.189. The number of hydroxylamine groups is 2. The zero-order valence-corrected chi connectivity index (χ0v) is 12.7. The normalized spacial score (nSPS) is 16.8. The first-order chi connectivity index (χ1) is 11.1. The van der Waals surface area contributed by atoms with Crippen LogP contribution in [0.3, 0.4) is 0 Å². The Balaban J connectivity index is 1.68. The largest absolute Gasteiger partial charge is 0.478 e. The van der Waals surface area contributed by atoms with Gasteiger partial charge >= 0.3 is 5.97 Å². The van der Waals surface area contributed by atoms with Crippen LogP contribution in [0.4, 0.5) is 0 Å². The van der Waals surface area contributed by atoms with E-state index in [0.717, 1.165) is 11.1 Å². The monoisotopic (exact) mass is 311 g/mol. The lowest BCUT2D eigenvalue weighted by Crippen LogP contribution is -2.24. The number of aromatic carboxylic acids is 1. The Bertz CT molecular complexity index is 710. The molecule has 1 aliphatic rings. The van der Waals surface area contributed by atoms with Crippen molar-refractivity contribution in [2.45, 2.75) is 19.8 Å². The van der Waals surface area contributed by atoms with E-state index in [9.17, 15) is 4.79 Å². The third-order valence-electron chi connectivity index (χ3n) is 3.54. The summed E-state index contributed by atoms with van der Waals surface area (Å²) in [6.45, 7) is 2.34. The van der Waals surface area contributed by atoms with Crippen molar-refractivity contribution in [2.75, 3.05) is 0 Å². The van der Waals surface area contributed by atoms with Gasteiger partial charge < -0.3 is 9.84 Å². The van der Waals surface area contributed by atoms with Gasteiger partial charge in [0.15, 0.2) is 6.23 Å². The van der Waals surface area contributed by atoms with Crippen LogP contribution in [-0.2, 0) is 16.2 Å². The fraction of sp³-hybridized carbons (Fsp3) is 0.167. The molecule has 0 saturated carbocycles. The minimum atomic E-state index is -0.945. The summed E-state index contributed by atoms with van der Waals surface area (Å²) in [5.41, 5.74) is 2.14. The molecule has 0 bridgehead atoms. The van der Waals surface area contributed by atoms with Gasteiger partial charge in [-0.25, -0.2) is 9.86 Å². The Labute approximate surface area is 134 Å². The molecule has 1 aliphatic heterocycles. The third-order valence-corrected chi connectivity index (χ3v) is 3.54. The topological polar surface area (TPSA) is 59.0 Å². The number of hydrogen-bond donors (Lipinski definition) is 1. The molecule has 2 aromatic rings. The van der Waals surface area contributed by atoms with E-state index in [4.69, 9.17) is 14.7 Å². The van der Waals surface area contributed by atoms with Crippen LogP contribution in [0.1, 0.15) is 28.4 Å². The van der Waals surface area contributed by atoms with Gasteiger partial charge in [-0.3, -0.25) is 4.84 Å². The van der Waals surface area contributed by atoms with Crippen molar-refractivity contribution < 1.29 is 19.5 Å². The molecule has 0 amide bonds. The van der Waals surface area contributed by atoms with Crippen molar-refractivity contribution in [1.82, 2.24) is 5.06 Å². The summed E-state index contributed by atoms with van der Waals surface area (Å²) in [4.78, 5) is 16.6. The molecule has 23 heavy (non-hydrogen) atoms. The Morgan fingerprint density at radius 3 is 2.52 bits per heavy atom. The third kappa shape index (κ3) is 3.52. The van der Waals surface area contributed by atoms with E-state index >= 15 is 0 Å². The second-order valence-corrected chi connectivity index (χ2v) is 5.21. The van der Waals surface area contributed by atoms with Crippen LogP contribution < -0.4 is 0 Å². The average Bonchev–Trinajstić information content (AvgIpc) is 2.95. The summed E-state index contributed by atoms with van der Waals surface area (Å²) in [5, 5.41) is 10.6. The van der Waals surface area contributed by atoms with Crippen molar-refractivity contribution >= 4 is 11.7 Å². The van der Waals surface area contributed by atoms with Crippen molar-refractivity contribution in [3.05, 3.63) is 77.5 Å². The van der Waals surface area contributed by atoms with Gasteiger partial charge in [0.2, 0.25) is 0 Å². The molecule has 0 aliphatic carbocycles. The highest BCUT2D eigenvalue weighted by atomic mass is 16.7. The number of carboxylic acids is 1. The molecule has 0 radical (unpaired) electrons. The lowest BCUT2D eigenvalue weighted by atomic mass is 10.1. The van der Waals surface area contributed by atoms with E-state index in [0.29, 0.717) is 12.4 Å². The predicted octanol–water partition coefficient (Wildman–Crippen LogP) is 3.49. The number of benzene rings is 2. The van der Waals surface area contributed by atoms with Gasteiger partial charge in [-0.15, -0.1) is 0 Å². The van der Waals surface area contributed by atoms with Crippen LogP contribution in [0.5, 0.6) is 0 Å². The minimum Gasteiger partial charge on any atom is -0.478 e. The highest BCUT2D eigenvalue weighted by molar-refractivity contribution is 5.87. The van der Waals surface area contributed by atoms with Crippen molar-refractivity contribution in [2.24, 2.45) is 0 Å². The summed E-state index contributed by atoms with van der Waals surface area (Å²) < 4.78 is 5.76. The Hall–Kier alpha value is -2.79. The van der Waals surface area contributed by atoms with Crippen LogP contribution in [0.2, 0.25) is 0 Å². The molecule has 0 saturated heterocycles. The van der Waals surface area contributed by atoms with Crippen LogP contribution in [0.25, 0.3) is 5.76 Å². The molecule has 1 unspecified atom stereocenters. The van der Waals surface area contributed by atoms with Crippen LogP contribution >= 0.6 is 0 Å². The molecular formula is C18H17NO4. The minimum absolute atomic E-state index is 0.243. The molecule has 0 aromatic heterocycles. The maximum atomic E-state index is 10.9. The molecule has 3 rings (SSSR count). The first kappa shape index (κ1) is 15.1. The van der Waals surface area contributed by atoms with Gasteiger partial charge in [-0.1, -0.05) is 42.5 Å². The van der Waals surface area contributed by atoms with Gasteiger partial charge in [-0.05, 0) is 24.6 Å². The fourth-order valence-corrected chi connectivity index (χ4v) is 2.27. The van der Waals surface area contributed by atoms with E-state index in [-0.39, 0.29) is 11.8 Å². The number of carbonyl (C=O) groups is 1. The van der Waals surface area contributed by atoms with Gasteiger partial charge in [0.05, 0.1) is 11.8 Å². The number of hydrogen-bond acceptors (Lipinski definition) is 4. The molecule has 1 atom stereocenters. The average molecular weight is 311 g/mol. The van der Waals surface area contributed by atoms with Gasteiger partial charge in [0.25, 0.3) is 0 Å². The second-order valence-electron chi connectivity index (χ2n) is 5.21. The smallest absolute Gasteiger partial charge is 0.335 e. The van der Waals surface area contributed by atoms with Gasteiger partial charge in [0, 0.05) is 5.56 Å². The van der Waals surface area contributed by atoms with Crippen LogP contribution in [-0.4, -0.2) is 22.4 Å². The molecule has 5 nitrogen and oxygen atoms in total. The van der Waals surface area contributed by atoms with Crippen LogP contribution in [0.15, 0.2) is 60.8 Å². The first-order valence-corrected chi connectivity index (χ1v) is 7.31. The molecule has 1 heterocycles. The summed E-state index contributed by atoms with van der Waals surface area (Å²) in [6.07, 6.45) is 1.54. The van der Waals surface area contributed by atoms with Crippen LogP contribution in [0, 0.1) is 0 Å². The maximum Gasteiger partial charge on any atom is 0.335 e. The second kappa shape index (κ2) is 6.54. The SMILES string of the molecule is CC1OC(c2ccc(C(=O)O)cc2)=CN1OCc1ccccc1. The number of nitrogens with zero attached hydrogens (tertiary/aromatic N) is 1. The van der Waals surface area contributed by atoms with E-state index in [2.05, 4.69) is 0 Å². The van der Waals surface area contributed by atoms with E-state index in [1.807, 2.05) is 37.3 Å². The van der Waals surface area contributed by atoms with E-state index < -0.39 is 5.97 Å². The van der Waals surface area contributed by atoms with E-state index in [1.165, 1.54) is 0 Å². The quantitative estimate of drug-likeness (QED) is 0.916. The molecule has 1 N–H and O–H groups in total. The van der Waals surface area contributed by atoms with Gasteiger partial charge in [0.1, 0.15) is 12.4 Å². The zero-order chi connectivity index (χ0) is 16.2. The van der Waals surface area contributed by atoms with Crippen molar-refractivity contribution in [3.63, 3.8) is 0 Å². The summed E-state index contributed by atoms with van der Waals surface area (Å²) >= 11 is 0. The Morgan fingerprint density at radius 2 is 1.87 bits per heavy atom. The molecule has 0 spiro atoms. The molecular weight excluding hydrogens is 294 g/mol. The van der Waals surface area contributed by atoms with Crippen molar-refractivity contribution in [1.29, 1.82) is 0 Å². The Kier molecular flexibility index (Phi) is 4.30. The summed E-state index contributed by atoms with van der Waals surface area (Å²) in [6, 6.07) is 16.4. The number of ether oxygens (including phenoxy) is 1. The maximum absolute atomic E-state index is 10.9. The summed E-state index contributed by atoms with van der Waals surface area (Å²) in [5.74, 6) is -0.290. The van der Waals surface area contributed by atoms with Gasteiger partial charge in [-0.2, -0.15) is 0 Å². The predicted molar refractivity (Wildman–Crippen MR) is 85.0 cm³/mol. The standard InChI is InChI=1S/C18H17NO4/c1-13-19(22-12-14-5-3-2-4-6-14)11-17(23-13)15-7-9-16(10-8-15)18(20)21/h2-11,13H,12H2,1H3,(H,20,21). The lowest BCUT2D eigenvalue weighted by Gasteiger charge is -2.19. The molecule has 2 aromatic carbocycles. The number of rotatable bonds is 5. The van der Waals surface area contributed by atoms with E-state index in [1.54, 1.807) is 35.5 Å². The molecule has 118 valence electrons. The first-order valence-electron chi connectivity index (χ1n) is 7.31.